The molecule has 4 rings (SSSR count). The first-order valence-corrected chi connectivity index (χ1v) is 13.6. The lowest BCUT2D eigenvalue weighted by atomic mass is 10.00. The molecule has 2 aromatic carbocycles. The molecule has 0 spiro atoms. The zero-order valence-corrected chi connectivity index (χ0v) is 23.4. The van der Waals surface area contributed by atoms with Crippen molar-refractivity contribution >= 4 is 45.6 Å². The van der Waals surface area contributed by atoms with Crippen LogP contribution in [0.5, 0.6) is 5.75 Å². The van der Waals surface area contributed by atoms with Gasteiger partial charge in [-0.05, 0) is 83.5 Å². The Kier molecular flexibility index (Phi) is 9.37. The summed E-state index contributed by atoms with van der Waals surface area (Å²) in [5.41, 5.74) is 1.81. The van der Waals surface area contributed by atoms with Crippen molar-refractivity contribution in [2.24, 2.45) is 0 Å². The Morgan fingerprint density at radius 2 is 2.00 bits per heavy atom. The number of piperidine rings is 1. The zero-order valence-electron chi connectivity index (χ0n) is 22.7. The van der Waals surface area contributed by atoms with Gasteiger partial charge in [-0.3, -0.25) is 4.79 Å². The summed E-state index contributed by atoms with van der Waals surface area (Å²) in [6, 6.07) is 8.42. The summed E-state index contributed by atoms with van der Waals surface area (Å²) in [6.45, 7) is 13.7. The van der Waals surface area contributed by atoms with Gasteiger partial charge >= 0.3 is 0 Å². The summed E-state index contributed by atoms with van der Waals surface area (Å²) in [6.07, 6.45) is 5.76. The lowest BCUT2D eigenvalue weighted by molar-refractivity contribution is -0.111. The third kappa shape index (κ3) is 8.11. The molecule has 0 bridgehead atoms. The molecule has 3 aromatic rings. The van der Waals surface area contributed by atoms with E-state index in [-0.39, 0.29) is 16.5 Å². The van der Waals surface area contributed by atoms with E-state index in [9.17, 15) is 9.18 Å². The summed E-state index contributed by atoms with van der Waals surface area (Å²) in [5.74, 6) is 0.128. The molecule has 0 radical (unpaired) electrons. The number of carbonyl (C=O) groups excluding carboxylic acids is 1. The molecule has 0 unspecified atom stereocenters. The number of rotatable bonds is 10. The molecule has 1 amide bonds. The number of fused-ring (bicyclic) bond motifs is 1. The van der Waals surface area contributed by atoms with Gasteiger partial charge in [-0.15, -0.1) is 0 Å². The number of carbonyl (C=O) groups is 1. The van der Waals surface area contributed by atoms with E-state index in [1.807, 2.05) is 0 Å². The normalized spacial score (nSPS) is 14.8. The third-order valence-corrected chi connectivity index (χ3v) is 6.75. The summed E-state index contributed by atoms with van der Waals surface area (Å²) in [4.78, 5) is 23.4. The van der Waals surface area contributed by atoms with Crippen molar-refractivity contribution < 1.29 is 13.9 Å². The second-order valence-electron chi connectivity index (χ2n) is 10.7. The van der Waals surface area contributed by atoms with Crippen LogP contribution < -0.4 is 20.7 Å². The van der Waals surface area contributed by atoms with Gasteiger partial charge in [-0.25, -0.2) is 14.4 Å². The molecule has 2 heterocycles. The van der Waals surface area contributed by atoms with Gasteiger partial charge < -0.3 is 25.6 Å². The van der Waals surface area contributed by atoms with Crippen molar-refractivity contribution in [3.63, 3.8) is 0 Å². The van der Waals surface area contributed by atoms with Crippen molar-refractivity contribution in [3.8, 4) is 5.75 Å². The highest BCUT2D eigenvalue weighted by atomic mass is 35.5. The smallest absolute Gasteiger partial charge is 0.247 e. The molecule has 1 fully saturated rings. The Bertz CT molecular complexity index is 1320. The van der Waals surface area contributed by atoms with Crippen LogP contribution in [0.4, 0.5) is 21.6 Å². The van der Waals surface area contributed by atoms with E-state index in [1.54, 1.807) is 18.2 Å². The molecule has 3 N–H and O–H groups in total. The number of nitrogens with one attached hydrogen (secondary N) is 3. The second kappa shape index (κ2) is 12.7. The molecular formula is C29H36ClFN6O2. The van der Waals surface area contributed by atoms with Crippen LogP contribution in [-0.4, -0.2) is 58.6 Å². The molecule has 39 heavy (non-hydrogen) atoms. The minimum Gasteiger partial charge on any atom is -0.491 e. The van der Waals surface area contributed by atoms with Crippen LogP contribution in [0, 0.1) is 5.82 Å². The number of likely N-dealkylation sites (tertiary alicyclic amines) is 1. The van der Waals surface area contributed by atoms with Gasteiger partial charge in [-0.2, -0.15) is 0 Å². The molecule has 1 aliphatic heterocycles. The van der Waals surface area contributed by atoms with Crippen LogP contribution in [0.3, 0.4) is 0 Å². The van der Waals surface area contributed by atoms with E-state index in [4.69, 9.17) is 16.3 Å². The maximum Gasteiger partial charge on any atom is 0.247 e. The van der Waals surface area contributed by atoms with Crippen molar-refractivity contribution in [2.45, 2.75) is 51.6 Å². The molecule has 0 atom stereocenters. The number of ether oxygens (including phenoxy) is 1. The first-order chi connectivity index (χ1) is 18.6. The number of anilines is 3. The highest BCUT2D eigenvalue weighted by molar-refractivity contribution is 6.31. The van der Waals surface area contributed by atoms with Crippen LogP contribution in [0.25, 0.3) is 10.9 Å². The van der Waals surface area contributed by atoms with E-state index in [2.05, 4.69) is 58.2 Å². The molecule has 10 heteroatoms. The monoisotopic (exact) mass is 554 g/mol. The van der Waals surface area contributed by atoms with Crippen LogP contribution in [-0.2, 0) is 4.79 Å². The van der Waals surface area contributed by atoms with Gasteiger partial charge in [0.25, 0.3) is 0 Å². The average molecular weight is 555 g/mol. The number of amides is 1. The van der Waals surface area contributed by atoms with Crippen LogP contribution >= 0.6 is 11.6 Å². The van der Waals surface area contributed by atoms with Gasteiger partial charge in [0.1, 0.15) is 23.7 Å². The highest BCUT2D eigenvalue weighted by Gasteiger charge is 2.22. The number of nitrogens with zero attached hydrogens (tertiary/aromatic N) is 3. The minimum atomic E-state index is -0.506. The molecule has 1 saturated heterocycles. The summed E-state index contributed by atoms with van der Waals surface area (Å²) in [5, 5.41) is 10.3. The van der Waals surface area contributed by atoms with Gasteiger partial charge in [0.2, 0.25) is 5.91 Å². The standard InChI is InChI=1S/C29H36ClFN6O2/c1-5-27(38)35-25-16-21-24(32-18-33-28(21)34-20-7-8-23(31)22(30)15-20)17-26(25)39-14-6-11-37-12-9-19(10-13-37)36-29(2,3)4/h5,7-8,15-19,36H,1,6,9-14H2,2-4H3,(H,35,38)(H,32,33,34). The predicted octanol–water partition coefficient (Wildman–Crippen LogP) is 5.91. The largest absolute Gasteiger partial charge is 0.491 e. The first kappa shape index (κ1) is 28.7. The summed E-state index contributed by atoms with van der Waals surface area (Å²) < 4.78 is 19.7. The number of hydrogen-bond acceptors (Lipinski definition) is 7. The number of halogens is 2. The van der Waals surface area contributed by atoms with Gasteiger partial charge in [0.15, 0.2) is 0 Å². The maximum absolute atomic E-state index is 13.6. The number of benzene rings is 2. The summed E-state index contributed by atoms with van der Waals surface area (Å²) >= 11 is 5.93. The van der Waals surface area contributed by atoms with Gasteiger partial charge in [-0.1, -0.05) is 18.2 Å². The predicted molar refractivity (Wildman–Crippen MR) is 156 cm³/mol. The van der Waals surface area contributed by atoms with E-state index in [0.717, 1.165) is 38.9 Å². The zero-order chi connectivity index (χ0) is 28.0. The fraction of sp³-hybridized carbons (Fsp3) is 0.414. The third-order valence-electron chi connectivity index (χ3n) is 6.46. The van der Waals surface area contributed by atoms with Crippen molar-refractivity contribution in [2.75, 3.05) is 36.9 Å². The Morgan fingerprint density at radius 1 is 1.23 bits per heavy atom. The SMILES string of the molecule is C=CC(=O)Nc1cc2c(Nc3ccc(F)c(Cl)c3)ncnc2cc1OCCCN1CCC(NC(C)(C)C)CC1. The van der Waals surface area contributed by atoms with Crippen LogP contribution in [0.2, 0.25) is 5.02 Å². The summed E-state index contributed by atoms with van der Waals surface area (Å²) in [7, 11) is 0. The first-order valence-electron chi connectivity index (χ1n) is 13.2. The Balaban J connectivity index is 1.43. The van der Waals surface area contributed by atoms with Crippen LogP contribution in [0.15, 0.2) is 49.3 Å². The van der Waals surface area contributed by atoms with Crippen molar-refractivity contribution in [3.05, 3.63) is 60.2 Å². The molecule has 208 valence electrons. The lowest BCUT2D eigenvalue weighted by Crippen LogP contribution is -2.49. The maximum atomic E-state index is 13.6. The van der Waals surface area contributed by atoms with E-state index >= 15 is 0 Å². The highest BCUT2D eigenvalue weighted by Crippen LogP contribution is 2.34. The number of aromatic nitrogens is 2. The fourth-order valence-electron chi connectivity index (χ4n) is 4.68. The topological polar surface area (TPSA) is 91.4 Å². The van der Waals surface area contributed by atoms with Gasteiger partial charge in [0, 0.05) is 35.3 Å². The molecule has 1 aromatic heterocycles. The average Bonchev–Trinajstić information content (AvgIpc) is 2.89. The lowest BCUT2D eigenvalue weighted by Gasteiger charge is -2.36. The molecule has 8 nitrogen and oxygen atoms in total. The molecular weight excluding hydrogens is 519 g/mol. The van der Waals surface area contributed by atoms with Crippen LogP contribution in [0.1, 0.15) is 40.0 Å². The van der Waals surface area contributed by atoms with Crippen molar-refractivity contribution in [1.82, 2.24) is 20.2 Å². The van der Waals surface area contributed by atoms with E-state index in [1.165, 1.54) is 24.5 Å². The van der Waals surface area contributed by atoms with Gasteiger partial charge in [0.05, 0.1) is 22.8 Å². The van der Waals surface area contributed by atoms with E-state index in [0.29, 0.717) is 46.5 Å². The number of hydrogen-bond donors (Lipinski definition) is 3. The Morgan fingerprint density at radius 3 is 2.69 bits per heavy atom. The fourth-order valence-corrected chi connectivity index (χ4v) is 4.86. The molecule has 1 aliphatic rings. The minimum absolute atomic E-state index is 0.000992. The van der Waals surface area contributed by atoms with E-state index < -0.39 is 5.82 Å². The molecule has 0 aliphatic carbocycles. The molecule has 0 saturated carbocycles. The Hall–Kier alpha value is -3.27. The quantitative estimate of drug-likeness (QED) is 0.212. The Labute approximate surface area is 234 Å². The second-order valence-corrected chi connectivity index (χ2v) is 11.2. The van der Waals surface area contributed by atoms with Crippen molar-refractivity contribution in [1.29, 1.82) is 0 Å².